The lowest BCUT2D eigenvalue weighted by Crippen LogP contribution is -2.28. The minimum Gasteiger partial charge on any atom is -0.468 e. The molecular weight excluding hydrogens is 256 g/mol. The second-order valence-electron chi connectivity index (χ2n) is 4.37. The van der Waals surface area contributed by atoms with Crippen LogP contribution in [0, 0.1) is 6.92 Å². The van der Waals surface area contributed by atoms with Gasteiger partial charge in [-0.1, -0.05) is 6.07 Å². The molecule has 0 saturated carbocycles. The molecule has 0 radical (unpaired) electrons. The molecule has 1 N–H and O–H groups in total. The molecule has 20 heavy (non-hydrogen) atoms. The van der Waals surface area contributed by atoms with E-state index in [9.17, 15) is 4.79 Å². The number of hydrogen-bond donors (Lipinski definition) is 1. The van der Waals surface area contributed by atoms with Crippen LogP contribution < -0.4 is 15.6 Å². The Morgan fingerprint density at radius 1 is 1.40 bits per heavy atom. The van der Waals surface area contributed by atoms with Gasteiger partial charge in [0, 0.05) is 37.6 Å². The van der Waals surface area contributed by atoms with Gasteiger partial charge in [-0.15, -0.1) is 0 Å². The summed E-state index contributed by atoms with van der Waals surface area (Å²) < 4.78 is 6.65. The number of aryl methyl sites for hydroxylation is 1. The fourth-order valence-corrected chi connectivity index (χ4v) is 1.87. The third-order valence-electron chi connectivity index (χ3n) is 2.83. The average molecular weight is 274 g/mol. The summed E-state index contributed by atoms with van der Waals surface area (Å²) in [4.78, 5) is 20.3. The molecule has 2 aromatic heterocycles. The number of pyridine rings is 1. The molecule has 0 aliphatic carbocycles. The molecular formula is C14H18N4O2. The second-order valence-corrected chi connectivity index (χ2v) is 4.37. The molecule has 2 heterocycles. The molecule has 0 saturated heterocycles. The Labute approximate surface area is 117 Å². The van der Waals surface area contributed by atoms with Gasteiger partial charge in [-0.2, -0.15) is 0 Å². The summed E-state index contributed by atoms with van der Waals surface area (Å²) in [6, 6.07) is 7.62. The molecule has 2 aromatic rings. The molecule has 0 fully saturated rings. The Morgan fingerprint density at radius 3 is 2.95 bits per heavy atom. The molecule has 2 rings (SSSR count). The third kappa shape index (κ3) is 3.64. The van der Waals surface area contributed by atoms with E-state index in [-0.39, 0.29) is 5.56 Å². The summed E-state index contributed by atoms with van der Waals surface area (Å²) in [6.45, 7) is 3.57. The van der Waals surface area contributed by atoms with E-state index < -0.39 is 0 Å². The van der Waals surface area contributed by atoms with E-state index in [1.807, 2.05) is 18.2 Å². The van der Waals surface area contributed by atoms with Gasteiger partial charge in [0.25, 0.3) is 11.6 Å². The summed E-state index contributed by atoms with van der Waals surface area (Å²) >= 11 is 0. The molecule has 106 valence electrons. The summed E-state index contributed by atoms with van der Waals surface area (Å²) in [7, 11) is 1.51. The van der Waals surface area contributed by atoms with Crippen molar-refractivity contribution in [3.05, 3.63) is 52.2 Å². The predicted molar refractivity (Wildman–Crippen MR) is 75.7 cm³/mol. The van der Waals surface area contributed by atoms with Crippen molar-refractivity contribution >= 4 is 0 Å². The Balaban J connectivity index is 1.93. The molecule has 0 unspecified atom stereocenters. The van der Waals surface area contributed by atoms with Crippen LogP contribution in [-0.4, -0.2) is 28.2 Å². The van der Waals surface area contributed by atoms with Crippen LogP contribution in [0.1, 0.15) is 11.4 Å². The van der Waals surface area contributed by atoms with Crippen molar-refractivity contribution in [3.63, 3.8) is 0 Å². The van der Waals surface area contributed by atoms with E-state index in [0.29, 0.717) is 31.3 Å². The lowest BCUT2D eigenvalue weighted by Gasteiger charge is -2.11. The third-order valence-corrected chi connectivity index (χ3v) is 2.83. The number of nitrogens with zero attached hydrogens (tertiary/aromatic N) is 3. The van der Waals surface area contributed by atoms with E-state index in [1.165, 1.54) is 17.7 Å². The summed E-state index contributed by atoms with van der Waals surface area (Å²) in [5, 5.41) is 3.24. The van der Waals surface area contributed by atoms with Crippen molar-refractivity contribution in [2.45, 2.75) is 20.0 Å². The Morgan fingerprint density at radius 2 is 2.25 bits per heavy atom. The molecule has 0 aliphatic heterocycles. The van der Waals surface area contributed by atoms with Gasteiger partial charge in [0.2, 0.25) is 0 Å². The topological polar surface area (TPSA) is 69.0 Å². The van der Waals surface area contributed by atoms with Gasteiger partial charge in [0.05, 0.1) is 12.8 Å². The van der Waals surface area contributed by atoms with Gasteiger partial charge in [0.15, 0.2) is 0 Å². The standard InChI is InChI=1S/C14H18N4O2/c1-11-9-13(19)18(14(17-11)20-2)8-7-15-10-12-5-3-4-6-16-12/h3-6,9,15H,7-8,10H2,1-2H3. The van der Waals surface area contributed by atoms with Crippen LogP contribution in [0.3, 0.4) is 0 Å². The fraction of sp³-hybridized carbons (Fsp3) is 0.357. The molecule has 0 aromatic carbocycles. The summed E-state index contributed by atoms with van der Waals surface area (Å²) in [5.74, 6) is 0. The quantitative estimate of drug-likeness (QED) is 0.787. The van der Waals surface area contributed by atoms with Crippen LogP contribution in [0.15, 0.2) is 35.3 Å². The first kappa shape index (κ1) is 14.2. The zero-order valence-corrected chi connectivity index (χ0v) is 11.7. The van der Waals surface area contributed by atoms with Crippen LogP contribution in [0.5, 0.6) is 6.01 Å². The smallest absolute Gasteiger partial charge is 0.299 e. The van der Waals surface area contributed by atoms with Crippen LogP contribution >= 0.6 is 0 Å². The van der Waals surface area contributed by atoms with Crippen molar-refractivity contribution in [3.8, 4) is 6.01 Å². The molecule has 0 amide bonds. The minimum atomic E-state index is -0.103. The highest BCUT2D eigenvalue weighted by atomic mass is 16.5. The van der Waals surface area contributed by atoms with Crippen LogP contribution in [0.25, 0.3) is 0 Å². The molecule has 0 atom stereocenters. The molecule has 6 nitrogen and oxygen atoms in total. The largest absolute Gasteiger partial charge is 0.468 e. The summed E-state index contributed by atoms with van der Waals surface area (Å²) in [6.07, 6.45) is 1.76. The maximum Gasteiger partial charge on any atom is 0.299 e. The highest BCUT2D eigenvalue weighted by Crippen LogP contribution is 2.03. The number of methoxy groups -OCH3 is 1. The summed E-state index contributed by atoms with van der Waals surface area (Å²) in [5.41, 5.74) is 1.52. The van der Waals surface area contributed by atoms with E-state index >= 15 is 0 Å². The maximum absolute atomic E-state index is 11.9. The van der Waals surface area contributed by atoms with E-state index in [2.05, 4.69) is 15.3 Å². The van der Waals surface area contributed by atoms with E-state index in [0.717, 1.165) is 5.69 Å². The van der Waals surface area contributed by atoms with Crippen molar-refractivity contribution < 1.29 is 4.74 Å². The Bertz CT molecular complexity index is 610. The molecule has 0 aliphatic rings. The van der Waals surface area contributed by atoms with Crippen LogP contribution in [0.4, 0.5) is 0 Å². The lowest BCUT2D eigenvalue weighted by atomic mass is 10.3. The highest BCUT2D eigenvalue weighted by molar-refractivity contribution is 5.07. The van der Waals surface area contributed by atoms with Gasteiger partial charge in [0.1, 0.15) is 0 Å². The average Bonchev–Trinajstić information content (AvgIpc) is 2.45. The number of rotatable bonds is 6. The van der Waals surface area contributed by atoms with Crippen molar-refractivity contribution in [2.24, 2.45) is 0 Å². The first-order valence-corrected chi connectivity index (χ1v) is 6.44. The first-order valence-electron chi connectivity index (χ1n) is 6.44. The number of nitrogens with one attached hydrogen (secondary N) is 1. The fourth-order valence-electron chi connectivity index (χ4n) is 1.87. The first-order chi connectivity index (χ1) is 9.70. The SMILES string of the molecule is COc1nc(C)cc(=O)n1CCNCc1ccccn1. The van der Waals surface area contributed by atoms with Crippen molar-refractivity contribution in [1.82, 2.24) is 19.9 Å². The zero-order chi connectivity index (χ0) is 14.4. The molecule has 0 bridgehead atoms. The van der Waals surface area contributed by atoms with Crippen molar-refractivity contribution in [1.29, 1.82) is 0 Å². The van der Waals surface area contributed by atoms with Gasteiger partial charge >= 0.3 is 0 Å². The highest BCUT2D eigenvalue weighted by Gasteiger charge is 2.06. The normalized spacial score (nSPS) is 10.5. The number of aromatic nitrogens is 3. The van der Waals surface area contributed by atoms with Gasteiger partial charge in [-0.3, -0.25) is 14.3 Å². The minimum absolute atomic E-state index is 0.103. The van der Waals surface area contributed by atoms with Crippen LogP contribution in [-0.2, 0) is 13.1 Å². The predicted octanol–water partition coefficient (Wildman–Crippen LogP) is 0.745. The van der Waals surface area contributed by atoms with Gasteiger partial charge in [-0.05, 0) is 19.1 Å². The van der Waals surface area contributed by atoms with E-state index in [4.69, 9.17) is 4.74 Å². The van der Waals surface area contributed by atoms with Crippen LogP contribution in [0.2, 0.25) is 0 Å². The van der Waals surface area contributed by atoms with Crippen molar-refractivity contribution in [2.75, 3.05) is 13.7 Å². The van der Waals surface area contributed by atoms with Gasteiger partial charge in [-0.25, -0.2) is 4.98 Å². The Kier molecular flexibility index (Phi) is 4.84. The lowest BCUT2D eigenvalue weighted by molar-refractivity contribution is 0.342. The number of hydrogen-bond acceptors (Lipinski definition) is 5. The zero-order valence-electron chi connectivity index (χ0n) is 11.7. The molecule has 0 spiro atoms. The Hall–Kier alpha value is -2.21. The number of ether oxygens (including phenoxy) is 1. The maximum atomic E-state index is 11.9. The van der Waals surface area contributed by atoms with E-state index in [1.54, 1.807) is 13.1 Å². The monoisotopic (exact) mass is 274 g/mol. The second kappa shape index (κ2) is 6.81. The van der Waals surface area contributed by atoms with Gasteiger partial charge < -0.3 is 10.1 Å². The molecule has 6 heteroatoms.